The minimum absolute atomic E-state index is 0.128. The maximum absolute atomic E-state index is 10.4. The van der Waals surface area contributed by atoms with E-state index in [1.54, 1.807) is 7.11 Å². The molecule has 104 valence electrons. The average molecular weight is 263 g/mol. The SMILES string of the molecule is COc1cccc2c1CC(O)C(C1CCOCC1)N2. The molecule has 1 aromatic rings. The van der Waals surface area contributed by atoms with Gasteiger partial charge >= 0.3 is 0 Å². The molecule has 0 aromatic heterocycles. The number of fused-ring (bicyclic) bond motifs is 1. The van der Waals surface area contributed by atoms with Gasteiger partial charge in [-0.2, -0.15) is 0 Å². The van der Waals surface area contributed by atoms with Crippen molar-refractivity contribution in [2.75, 3.05) is 25.6 Å². The third-order valence-corrected chi connectivity index (χ3v) is 4.28. The number of hydrogen-bond acceptors (Lipinski definition) is 4. The lowest BCUT2D eigenvalue weighted by Crippen LogP contribution is -2.46. The van der Waals surface area contributed by atoms with Crippen LogP contribution in [0.4, 0.5) is 5.69 Å². The summed E-state index contributed by atoms with van der Waals surface area (Å²) in [6, 6.07) is 6.13. The second kappa shape index (κ2) is 5.39. The Morgan fingerprint density at radius 3 is 2.84 bits per heavy atom. The van der Waals surface area contributed by atoms with E-state index in [1.165, 1.54) is 0 Å². The molecule has 0 amide bonds. The van der Waals surface area contributed by atoms with Crippen LogP contribution in [-0.2, 0) is 11.2 Å². The summed E-state index contributed by atoms with van der Waals surface area (Å²) in [5, 5.41) is 13.9. The summed E-state index contributed by atoms with van der Waals surface area (Å²) in [5.74, 6) is 1.34. The molecule has 4 nitrogen and oxygen atoms in total. The van der Waals surface area contributed by atoms with Crippen molar-refractivity contribution in [2.24, 2.45) is 5.92 Å². The summed E-state index contributed by atoms with van der Waals surface area (Å²) < 4.78 is 10.8. The number of aliphatic hydroxyl groups is 1. The van der Waals surface area contributed by atoms with E-state index in [4.69, 9.17) is 9.47 Å². The Balaban J connectivity index is 1.83. The topological polar surface area (TPSA) is 50.7 Å². The van der Waals surface area contributed by atoms with E-state index < -0.39 is 0 Å². The smallest absolute Gasteiger partial charge is 0.124 e. The van der Waals surface area contributed by atoms with Gasteiger partial charge in [-0.05, 0) is 30.9 Å². The molecule has 2 N–H and O–H groups in total. The maximum Gasteiger partial charge on any atom is 0.124 e. The van der Waals surface area contributed by atoms with Gasteiger partial charge in [-0.1, -0.05) is 6.07 Å². The van der Waals surface area contributed by atoms with Gasteiger partial charge < -0.3 is 19.9 Å². The van der Waals surface area contributed by atoms with Crippen molar-refractivity contribution in [3.8, 4) is 5.75 Å². The summed E-state index contributed by atoms with van der Waals surface area (Å²) in [7, 11) is 1.67. The van der Waals surface area contributed by atoms with Crippen molar-refractivity contribution in [1.29, 1.82) is 0 Å². The van der Waals surface area contributed by atoms with Crippen LogP contribution in [0.25, 0.3) is 0 Å². The highest BCUT2D eigenvalue weighted by molar-refractivity contribution is 5.60. The summed E-state index contributed by atoms with van der Waals surface area (Å²) in [6.07, 6.45) is 2.35. The molecule has 2 aliphatic heterocycles. The fraction of sp³-hybridized carbons (Fsp3) is 0.600. The molecule has 4 heteroatoms. The second-order valence-electron chi connectivity index (χ2n) is 5.38. The van der Waals surface area contributed by atoms with Crippen LogP contribution in [0.1, 0.15) is 18.4 Å². The van der Waals surface area contributed by atoms with E-state index >= 15 is 0 Å². The Morgan fingerprint density at radius 2 is 2.11 bits per heavy atom. The van der Waals surface area contributed by atoms with Crippen LogP contribution in [0.3, 0.4) is 0 Å². The number of rotatable bonds is 2. The quantitative estimate of drug-likeness (QED) is 0.854. The lowest BCUT2D eigenvalue weighted by molar-refractivity contribution is 0.0346. The van der Waals surface area contributed by atoms with Crippen LogP contribution in [0, 0.1) is 5.92 Å². The Kier molecular flexibility index (Phi) is 3.62. The molecule has 2 aliphatic rings. The highest BCUT2D eigenvalue weighted by atomic mass is 16.5. The van der Waals surface area contributed by atoms with Crippen molar-refractivity contribution >= 4 is 5.69 Å². The van der Waals surface area contributed by atoms with Crippen LogP contribution in [0.15, 0.2) is 18.2 Å². The highest BCUT2D eigenvalue weighted by Crippen LogP contribution is 2.36. The molecule has 1 aromatic carbocycles. The molecular weight excluding hydrogens is 242 g/mol. The second-order valence-corrected chi connectivity index (χ2v) is 5.38. The molecule has 0 aliphatic carbocycles. The number of nitrogens with one attached hydrogen (secondary N) is 1. The lowest BCUT2D eigenvalue weighted by atomic mass is 9.83. The normalized spacial score (nSPS) is 27.5. The zero-order chi connectivity index (χ0) is 13.2. The van der Waals surface area contributed by atoms with Gasteiger partial charge in [0.2, 0.25) is 0 Å². The number of anilines is 1. The average Bonchev–Trinajstić information content (AvgIpc) is 2.47. The van der Waals surface area contributed by atoms with E-state index in [0.717, 1.165) is 43.1 Å². The van der Waals surface area contributed by atoms with Crippen molar-refractivity contribution in [2.45, 2.75) is 31.4 Å². The molecule has 2 atom stereocenters. The number of aliphatic hydroxyl groups excluding tert-OH is 1. The van der Waals surface area contributed by atoms with Gasteiger partial charge in [0, 0.05) is 30.9 Å². The van der Waals surface area contributed by atoms with Crippen LogP contribution in [0.2, 0.25) is 0 Å². The number of ether oxygens (including phenoxy) is 2. The van der Waals surface area contributed by atoms with E-state index in [1.807, 2.05) is 12.1 Å². The molecule has 0 saturated carbocycles. The Labute approximate surface area is 113 Å². The maximum atomic E-state index is 10.4. The van der Waals surface area contributed by atoms with Crippen molar-refractivity contribution in [1.82, 2.24) is 0 Å². The summed E-state index contributed by atoms with van der Waals surface area (Å²) in [4.78, 5) is 0. The summed E-state index contributed by atoms with van der Waals surface area (Å²) in [6.45, 7) is 1.61. The Bertz CT molecular complexity index is 443. The third kappa shape index (κ3) is 2.42. The molecule has 2 unspecified atom stereocenters. The van der Waals surface area contributed by atoms with Crippen molar-refractivity contribution in [3.05, 3.63) is 23.8 Å². The molecular formula is C15H21NO3. The van der Waals surface area contributed by atoms with Crippen LogP contribution >= 0.6 is 0 Å². The molecule has 2 heterocycles. The largest absolute Gasteiger partial charge is 0.496 e. The summed E-state index contributed by atoms with van der Waals surface area (Å²) >= 11 is 0. The number of hydrogen-bond donors (Lipinski definition) is 2. The fourth-order valence-electron chi connectivity index (χ4n) is 3.22. The van der Waals surface area contributed by atoms with Gasteiger partial charge in [0.05, 0.1) is 19.3 Å². The first-order valence-electron chi connectivity index (χ1n) is 6.98. The first kappa shape index (κ1) is 12.8. The Hall–Kier alpha value is -1.26. The zero-order valence-corrected chi connectivity index (χ0v) is 11.3. The number of benzene rings is 1. The summed E-state index contributed by atoms with van der Waals surface area (Å²) in [5.41, 5.74) is 2.18. The van der Waals surface area contributed by atoms with Gasteiger partial charge in [-0.25, -0.2) is 0 Å². The van der Waals surface area contributed by atoms with Gasteiger partial charge in [-0.3, -0.25) is 0 Å². The molecule has 1 fully saturated rings. The van der Waals surface area contributed by atoms with Gasteiger partial charge in [0.15, 0.2) is 0 Å². The zero-order valence-electron chi connectivity index (χ0n) is 11.3. The Morgan fingerprint density at radius 1 is 1.32 bits per heavy atom. The van der Waals surface area contributed by atoms with E-state index in [0.29, 0.717) is 12.3 Å². The highest BCUT2D eigenvalue weighted by Gasteiger charge is 2.34. The molecule has 1 saturated heterocycles. The van der Waals surface area contributed by atoms with E-state index in [-0.39, 0.29) is 12.1 Å². The fourth-order valence-corrected chi connectivity index (χ4v) is 3.22. The lowest BCUT2D eigenvalue weighted by Gasteiger charge is -2.38. The molecule has 3 rings (SSSR count). The monoisotopic (exact) mass is 263 g/mol. The molecule has 0 bridgehead atoms. The predicted octanol–water partition coefficient (Wildman–Crippen LogP) is 1.82. The molecule has 0 radical (unpaired) electrons. The predicted molar refractivity (Wildman–Crippen MR) is 73.7 cm³/mol. The number of methoxy groups -OCH3 is 1. The van der Waals surface area contributed by atoms with Crippen molar-refractivity contribution < 1.29 is 14.6 Å². The van der Waals surface area contributed by atoms with Gasteiger partial charge in [0.1, 0.15) is 5.75 Å². The standard InChI is InChI=1S/C15H21NO3/c1-18-14-4-2-3-12-11(14)9-13(17)15(16-12)10-5-7-19-8-6-10/h2-4,10,13,15-17H,5-9H2,1H3. The molecule has 19 heavy (non-hydrogen) atoms. The van der Waals surface area contributed by atoms with Crippen molar-refractivity contribution in [3.63, 3.8) is 0 Å². The van der Waals surface area contributed by atoms with E-state index in [2.05, 4.69) is 11.4 Å². The third-order valence-electron chi connectivity index (χ3n) is 4.28. The van der Waals surface area contributed by atoms with E-state index in [9.17, 15) is 5.11 Å². The van der Waals surface area contributed by atoms with Gasteiger partial charge in [0.25, 0.3) is 0 Å². The van der Waals surface area contributed by atoms with Crippen LogP contribution in [-0.4, -0.2) is 37.6 Å². The minimum Gasteiger partial charge on any atom is -0.496 e. The molecule has 0 spiro atoms. The van der Waals surface area contributed by atoms with Crippen LogP contribution in [0.5, 0.6) is 5.75 Å². The first-order valence-corrected chi connectivity index (χ1v) is 6.98. The minimum atomic E-state index is -0.355. The van der Waals surface area contributed by atoms with Crippen LogP contribution < -0.4 is 10.1 Å². The first-order chi connectivity index (χ1) is 9.29. The van der Waals surface area contributed by atoms with Gasteiger partial charge in [-0.15, -0.1) is 0 Å².